The molecule has 0 bridgehead atoms. The van der Waals surface area contributed by atoms with E-state index in [4.69, 9.17) is 4.42 Å². The van der Waals surface area contributed by atoms with Crippen LogP contribution in [0.25, 0.3) is 54.6 Å². The maximum atomic E-state index is 6.44. The number of nitrogens with zero attached hydrogens (tertiary/aromatic N) is 1. The van der Waals surface area contributed by atoms with Crippen LogP contribution in [0.3, 0.4) is 0 Å². The van der Waals surface area contributed by atoms with E-state index >= 15 is 0 Å². The van der Waals surface area contributed by atoms with Gasteiger partial charge in [0, 0.05) is 32.8 Å². The van der Waals surface area contributed by atoms with Gasteiger partial charge >= 0.3 is 0 Å². The number of furan rings is 1. The highest BCUT2D eigenvalue weighted by atomic mass is 16.3. The van der Waals surface area contributed by atoms with Crippen molar-refractivity contribution in [3.05, 3.63) is 152 Å². The van der Waals surface area contributed by atoms with Crippen LogP contribution in [-0.4, -0.2) is 0 Å². The van der Waals surface area contributed by atoms with Crippen molar-refractivity contribution in [2.75, 3.05) is 4.90 Å². The zero-order valence-electron chi connectivity index (χ0n) is 21.8. The quantitative estimate of drug-likeness (QED) is 0.234. The van der Waals surface area contributed by atoms with E-state index in [1.165, 1.54) is 21.9 Å². The Hall–Kier alpha value is -5.34. The van der Waals surface area contributed by atoms with E-state index in [1.807, 2.05) is 12.1 Å². The molecule has 0 aliphatic heterocycles. The molecule has 188 valence electrons. The number of fused-ring (bicyclic) bond motifs is 6. The molecule has 0 atom stereocenters. The highest BCUT2D eigenvalue weighted by Gasteiger charge is 2.20. The van der Waals surface area contributed by atoms with Gasteiger partial charge in [0.1, 0.15) is 11.2 Å². The summed E-state index contributed by atoms with van der Waals surface area (Å²) in [5.41, 5.74) is 7.55. The molecule has 0 aliphatic rings. The molecule has 1 heterocycles. The van der Waals surface area contributed by atoms with Crippen molar-refractivity contribution in [2.24, 2.45) is 0 Å². The monoisotopic (exact) mass is 511 g/mol. The molecule has 0 saturated carbocycles. The van der Waals surface area contributed by atoms with Crippen LogP contribution in [-0.2, 0) is 0 Å². The van der Waals surface area contributed by atoms with Crippen molar-refractivity contribution in [1.82, 2.24) is 0 Å². The van der Waals surface area contributed by atoms with Gasteiger partial charge in [0.2, 0.25) is 0 Å². The summed E-state index contributed by atoms with van der Waals surface area (Å²) in [4.78, 5) is 2.39. The highest BCUT2D eigenvalue weighted by Crippen LogP contribution is 2.45. The summed E-state index contributed by atoms with van der Waals surface area (Å²) in [6.45, 7) is 0. The van der Waals surface area contributed by atoms with Crippen LogP contribution in [0.2, 0.25) is 0 Å². The van der Waals surface area contributed by atoms with Crippen LogP contribution in [0.5, 0.6) is 0 Å². The van der Waals surface area contributed by atoms with Gasteiger partial charge in [0.15, 0.2) is 0 Å². The lowest BCUT2D eigenvalue weighted by molar-refractivity contribution is 0.672. The fourth-order valence-electron chi connectivity index (χ4n) is 5.97. The van der Waals surface area contributed by atoms with Gasteiger partial charge in [0.25, 0.3) is 0 Å². The molecule has 0 aliphatic carbocycles. The van der Waals surface area contributed by atoms with Gasteiger partial charge in [-0.25, -0.2) is 0 Å². The van der Waals surface area contributed by atoms with Crippen LogP contribution >= 0.6 is 0 Å². The summed E-state index contributed by atoms with van der Waals surface area (Å²) in [6.07, 6.45) is 0. The van der Waals surface area contributed by atoms with Crippen molar-refractivity contribution in [2.45, 2.75) is 0 Å². The second kappa shape index (κ2) is 9.14. The van der Waals surface area contributed by atoms with Crippen molar-refractivity contribution >= 4 is 60.5 Å². The van der Waals surface area contributed by atoms with E-state index in [0.717, 1.165) is 49.8 Å². The second-order valence-electron chi connectivity index (χ2n) is 10.2. The molecule has 0 amide bonds. The van der Waals surface area contributed by atoms with Crippen LogP contribution < -0.4 is 4.90 Å². The first-order chi connectivity index (χ1) is 19.8. The zero-order valence-corrected chi connectivity index (χ0v) is 21.8. The lowest BCUT2D eigenvalue weighted by Gasteiger charge is -2.29. The van der Waals surface area contributed by atoms with Crippen LogP contribution in [0.4, 0.5) is 17.1 Å². The lowest BCUT2D eigenvalue weighted by atomic mass is 9.99. The normalized spacial score (nSPS) is 11.5. The molecule has 2 heteroatoms. The van der Waals surface area contributed by atoms with E-state index in [0.29, 0.717) is 0 Å². The second-order valence-corrected chi connectivity index (χ2v) is 10.2. The topological polar surface area (TPSA) is 16.4 Å². The Labute approximate surface area is 232 Å². The molecule has 1 aromatic heterocycles. The Morgan fingerprint density at radius 1 is 0.425 bits per heavy atom. The van der Waals surface area contributed by atoms with E-state index in [2.05, 4.69) is 144 Å². The first kappa shape index (κ1) is 22.6. The largest absolute Gasteiger partial charge is 0.455 e. The number of hydrogen-bond donors (Lipinski definition) is 0. The first-order valence-corrected chi connectivity index (χ1v) is 13.6. The third-order valence-electron chi connectivity index (χ3n) is 7.84. The third-order valence-corrected chi connectivity index (χ3v) is 7.84. The van der Waals surface area contributed by atoms with Crippen molar-refractivity contribution in [3.8, 4) is 11.1 Å². The fraction of sp³-hybridized carbons (Fsp3) is 0. The Morgan fingerprint density at radius 3 is 2.02 bits per heavy atom. The van der Waals surface area contributed by atoms with Gasteiger partial charge in [-0.1, -0.05) is 115 Å². The van der Waals surface area contributed by atoms with E-state index < -0.39 is 0 Å². The number of benzene rings is 7. The third kappa shape index (κ3) is 3.58. The molecule has 2 nitrogen and oxygen atoms in total. The summed E-state index contributed by atoms with van der Waals surface area (Å²) in [7, 11) is 0. The maximum Gasteiger partial charge on any atom is 0.143 e. The minimum atomic E-state index is 0.913. The molecule has 8 rings (SSSR count). The minimum absolute atomic E-state index is 0.913. The van der Waals surface area contributed by atoms with Crippen LogP contribution in [0, 0.1) is 0 Å². The molecule has 7 aromatic carbocycles. The maximum absolute atomic E-state index is 6.44. The fourth-order valence-corrected chi connectivity index (χ4v) is 5.97. The van der Waals surface area contributed by atoms with Crippen LogP contribution in [0.15, 0.2) is 156 Å². The summed E-state index contributed by atoms with van der Waals surface area (Å²) < 4.78 is 6.44. The van der Waals surface area contributed by atoms with Gasteiger partial charge in [-0.3, -0.25) is 0 Å². The standard InChI is InChI=1S/C38H25NO/c1-2-12-27(13-3-1)30-15-6-8-18-35(30)39(29-22-21-26-11-4-5-14-28(26)25-29)36-19-10-17-33-31(36)23-24-34-32-16-7-9-20-37(32)40-38(33)34/h1-25H. The predicted molar refractivity (Wildman–Crippen MR) is 169 cm³/mol. The first-order valence-electron chi connectivity index (χ1n) is 13.6. The van der Waals surface area contributed by atoms with Crippen molar-refractivity contribution in [1.29, 1.82) is 0 Å². The minimum Gasteiger partial charge on any atom is -0.455 e. The van der Waals surface area contributed by atoms with Crippen molar-refractivity contribution in [3.63, 3.8) is 0 Å². The van der Waals surface area contributed by atoms with Gasteiger partial charge in [-0.15, -0.1) is 0 Å². The molecule has 0 N–H and O–H groups in total. The molecular weight excluding hydrogens is 486 g/mol. The highest BCUT2D eigenvalue weighted by molar-refractivity contribution is 6.18. The van der Waals surface area contributed by atoms with Gasteiger partial charge in [0.05, 0.1) is 11.4 Å². The average molecular weight is 512 g/mol. The molecule has 0 fully saturated rings. The van der Waals surface area contributed by atoms with Gasteiger partial charge in [-0.2, -0.15) is 0 Å². The van der Waals surface area contributed by atoms with E-state index in [9.17, 15) is 0 Å². The van der Waals surface area contributed by atoms with E-state index in [-0.39, 0.29) is 0 Å². The molecule has 0 unspecified atom stereocenters. The average Bonchev–Trinajstić information content (AvgIpc) is 3.41. The van der Waals surface area contributed by atoms with Crippen molar-refractivity contribution < 1.29 is 4.42 Å². The number of rotatable bonds is 4. The number of anilines is 3. The summed E-state index contributed by atoms with van der Waals surface area (Å²) in [5.74, 6) is 0. The summed E-state index contributed by atoms with van der Waals surface area (Å²) in [6, 6.07) is 53.8. The Balaban J connectivity index is 1.44. The summed E-state index contributed by atoms with van der Waals surface area (Å²) >= 11 is 0. The van der Waals surface area contributed by atoms with Gasteiger partial charge in [-0.05, 0) is 52.7 Å². The summed E-state index contributed by atoms with van der Waals surface area (Å²) in [5, 5.41) is 6.97. The molecule has 0 spiro atoms. The molecule has 0 saturated heterocycles. The van der Waals surface area contributed by atoms with E-state index in [1.54, 1.807) is 0 Å². The number of hydrogen-bond acceptors (Lipinski definition) is 2. The molecule has 0 radical (unpaired) electrons. The number of para-hydroxylation sites is 2. The SMILES string of the molecule is c1ccc(-c2ccccc2N(c2ccc3ccccc3c2)c2cccc3c2ccc2c4ccccc4oc32)cc1. The van der Waals surface area contributed by atoms with Gasteiger partial charge < -0.3 is 9.32 Å². The Morgan fingerprint density at radius 2 is 1.10 bits per heavy atom. The Bertz CT molecular complexity index is 2170. The smallest absolute Gasteiger partial charge is 0.143 e. The molecular formula is C38H25NO. The predicted octanol–water partition coefficient (Wildman–Crippen LogP) is 11.0. The molecule has 40 heavy (non-hydrogen) atoms. The van der Waals surface area contributed by atoms with Crippen LogP contribution in [0.1, 0.15) is 0 Å². The lowest BCUT2D eigenvalue weighted by Crippen LogP contribution is -2.11. The Kier molecular flexibility index (Phi) is 5.17. The molecule has 8 aromatic rings. The zero-order chi connectivity index (χ0) is 26.5.